The molecule has 0 saturated heterocycles. The number of nitrogens with one attached hydrogen (secondary N) is 2. The summed E-state index contributed by atoms with van der Waals surface area (Å²) in [4.78, 5) is 22.7. The predicted octanol–water partition coefficient (Wildman–Crippen LogP) is 5.78. The molecule has 0 atom stereocenters. The lowest BCUT2D eigenvalue weighted by molar-refractivity contribution is 0.0945. The number of benzene rings is 3. The maximum Gasteiger partial charge on any atom is 0.273 e. The summed E-state index contributed by atoms with van der Waals surface area (Å²) in [6.45, 7) is 4.38. The number of hydrogen-bond acceptors (Lipinski definition) is 4. The highest BCUT2D eigenvalue weighted by Gasteiger charge is 2.16. The van der Waals surface area contributed by atoms with E-state index in [0.717, 1.165) is 30.6 Å². The first-order valence-corrected chi connectivity index (χ1v) is 12.3. The fourth-order valence-electron chi connectivity index (χ4n) is 4.45. The number of amides is 1. The number of fused-ring (bicyclic) bond motifs is 1. The number of carbonyl (C=O) groups excluding carboxylic acids is 1. The highest BCUT2D eigenvalue weighted by Crippen LogP contribution is 2.20. The molecule has 0 aliphatic carbocycles. The largest absolute Gasteiger partial charge is 0.447 e. The van der Waals surface area contributed by atoms with Gasteiger partial charge < -0.3 is 14.7 Å². The minimum Gasteiger partial charge on any atom is -0.447 e. The summed E-state index contributed by atoms with van der Waals surface area (Å²) in [5.41, 5.74) is 5.85. The Labute approximate surface area is 215 Å². The lowest BCUT2D eigenvalue weighted by Crippen LogP contribution is -2.26. The molecule has 0 aliphatic rings. The number of carbonyl (C=O) groups is 1. The number of rotatable bonds is 10. The molecule has 188 valence electrons. The maximum absolute atomic E-state index is 13.1. The van der Waals surface area contributed by atoms with Crippen LogP contribution in [-0.2, 0) is 26.1 Å². The van der Waals surface area contributed by atoms with Crippen molar-refractivity contribution in [1.82, 2.24) is 20.2 Å². The van der Waals surface area contributed by atoms with E-state index in [1.807, 2.05) is 6.07 Å². The quantitative estimate of drug-likeness (QED) is 0.257. The molecule has 0 radical (unpaired) electrons. The van der Waals surface area contributed by atoms with Gasteiger partial charge in [0.1, 0.15) is 12.1 Å². The van der Waals surface area contributed by atoms with Crippen molar-refractivity contribution in [3.63, 3.8) is 0 Å². The second kappa shape index (κ2) is 11.2. The van der Waals surface area contributed by atoms with Crippen LogP contribution in [-0.4, -0.2) is 27.3 Å². The number of H-pyrrole nitrogens is 1. The fourth-order valence-corrected chi connectivity index (χ4v) is 4.45. The summed E-state index contributed by atoms with van der Waals surface area (Å²) in [5.74, 6) is -0.155. The van der Waals surface area contributed by atoms with Crippen molar-refractivity contribution in [1.29, 1.82) is 0 Å². The zero-order valence-electron chi connectivity index (χ0n) is 20.7. The summed E-state index contributed by atoms with van der Waals surface area (Å²) in [6.07, 6.45) is 4.33. The van der Waals surface area contributed by atoms with Crippen molar-refractivity contribution in [3.05, 3.63) is 125 Å². The van der Waals surface area contributed by atoms with Crippen LogP contribution in [0.15, 0.2) is 89.7 Å². The molecule has 6 nitrogen and oxygen atoms in total. The Hall–Kier alpha value is -4.23. The SMILES string of the molecule is Cc1cccc(CN(CCc2c[nH]c3ccccc23)Cc2nc(C(=O)NCc3ccc(F)cc3)co2)c1. The Bertz CT molecular complexity index is 1490. The van der Waals surface area contributed by atoms with E-state index in [-0.39, 0.29) is 24.0 Å². The second-order valence-electron chi connectivity index (χ2n) is 9.24. The van der Waals surface area contributed by atoms with E-state index in [0.29, 0.717) is 12.4 Å². The molecule has 3 aromatic carbocycles. The molecule has 7 heteroatoms. The molecule has 2 N–H and O–H groups in total. The number of para-hydroxylation sites is 1. The summed E-state index contributed by atoms with van der Waals surface area (Å²) >= 11 is 0. The Kier molecular flexibility index (Phi) is 7.42. The first kappa shape index (κ1) is 24.5. The van der Waals surface area contributed by atoms with Gasteiger partial charge in [-0.25, -0.2) is 9.37 Å². The summed E-state index contributed by atoms with van der Waals surface area (Å²) < 4.78 is 18.8. The van der Waals surface area contributed by atoms with Crippen molar-refractivity contribution < 1.29 is 13.6 Å². The van der Waals surface area contributed by atoms with Gasteiger partial charge in [0, 0.05) is 36.7 Å². The predicted molar refractivity (Wildman–Crippen MR) is 141 cm³/mol. The molecule has 0 unspecified atom stereocenters. The van der Waals surface area contributed by atoms with Crippen LogP contribution in [0.4, 0.5) is 4.39 Å². The average molecular weight is 497 g/mol. The zero-order chi connectivity index (χ0) is 25.6. The molecule has 1 amide bonds. The number of nitrogens with zero attached hydrogens (tertiary/aromatic N) is 2. The van der Waals surface area contributed by atoms with Crippen LogP contribution in [0, 0.1) is 12.7 Å². The van der Waals surface area contributed by atoms with Crippen molar-refractivity contribution in [2.45, 2.75) is 33.0 Å². The van der Waals surface area contributed by atoms with Crippen LogP contribution >= 0.6 is 0 Å². The molecular formula is C30H29FN4O2. The molecule has 37 heavy (non-hydrogen) atoms. The van der Waals surface area contributed by atoms with Gasteiger partial charge >= 0.3 is 0 Å². The molecule has 0 spiro atoms. The highest BCUT2D eigenvalue weighted by atomic mass is 19.1. The monoisotopic (exact) mass is 496 g/mol. The minimum absolute atomic E-state index is 0.226. The van der Waals surface area contributed by atoms with Crippen molar-refractivity contribution in [3.8, 4) is 0 Å². The topological polar surface area (TPSA) is 74.2 Å². The Morgan fingerprint density at radius 3 is 2.70 bits per heavy atom. The lowest BCUT2D eigenvalue weighted by Gasteiger charge is -2.21. The molecule has 0 bridgehead atoms. The summed E-state index contributed by atoms with van der Waals surface area (Å²) in [6, 6.07) is 22.8. The summed E-state index contributed by atoms with van der Waals surface area (Å²) in [7, 11) is 0. The van der Waals surface area contributed by atoms with E-state index in [2.05, 4.69) is 75.8 Å². The van der Waals surface area contributed by atoms with Crippen LogP contribution in [0.3, 0.4) is 0 Å². The highest BCUT2D eigenvalue weighted by molar-refractivity contribution is 5.91. The van der Waals surface area contributed by atoms with Crippen molar-refractivity contribution in [2.75, 3.05) is 6.54 Å². The van der Waals surface area contributed by atoms with Crippen LogP contribution in [0.1, 0.15) is 38.6 Å². The number of aromatic nitrogens is 2. The van der Waals surface area contributed by atoms with Gasteiger partial charge in [0.05, 0.1) is 6.54 Å². The van der Waals surface area contributed by atoms with Gasteiger partial charge in [-0.1, -0.05) is 60.2 Å². The third kappa shape index (κ3) is 6.32. The van der Waals surface area contributed by atoms with Gasteiger partial charge in [0.25, 0.3) is 5.91 Å². The van der Waals surface area contributed by atoms with Gasteiger partial charge in [0.2, 0.25) is 5.89 Å². The molecular weight excluding hydrogens is 467 g/mol. The fraction of sp³-hybridized carbons (Fsp3) is 0.200. The molecule has 5 rings (SSSR count). The molecule has 2 heterocycles. The Balaban J connectivity index is 1.26. The number of oxazole rings is 1. The van der Waals surface area contributed by atoms with Gasteiger partial charge in [-0.3, -0.25) is 9.69 Å². The van der Waals surface area contributed by atoms with Crippen LogP contribution < -0.4 is 5.32 Å². The summed E-state index contributed by atoms with van der Waals surface area (Å²) in [5, 5.41) is 4.04. The van der Waals surface area contributed by atoms with Crippen LogP contribution in [0.2, 0.25) is 0 Å². The molecule has 0 fully saturated rings. The minimum atomic E-state index is -0.330. The standard InChI is InChI=1S/C30H29FN4O2/c1-21-5-4-6-23(15-21)18-35(14-13-24-17-32-27-8-3-2-7-26(24)27)19-29-34-28(20-37-29)30(36)33-16-22-9-11-25(31)12-10-22/h2-12,15,17,20,32H,13-14,16,18-19H2,1H3,(H,33,36). The van der Waals surface area contributed by atoms with E-state index >= 15 is 0 Å². The number of hydrogen-bond donors (Lipinski definition) is 2. The third-order valence-electron chi connectivity index (χ3n) is 6.37. The van der Waals surface area contributed by atoms with Crippen LogP contribution in [0.25, 0.3) is 10.9 Å². The first-order valence-electron chi connectivity index (χ1n) is 12.3. The van der Waals surface area contributed by atoms with E-state index in [1.54, 1.807) is 12.1 Å². The Morgan fingerprint density at radius 2 is 1.86 bits per heavy atom. The normalized spacial score (nSPS) is 11.3. The Morgan fingerprint density at radius 1 is 1.03 bits per heavy atom. The zero-order valence-corrected chi connectivity index (χ0v) is 20.7. The smallest absolute Gasteiger partial charge is 0.273 e. The van der Waals surface area contributed by atoms with Crippen molar-refractivity contribution in [2.24, 2.45) is 0 Å². The molecule has 2 aromatic heterocycles. The number of halogens is 1. The average Bonchev–Trinajstić information content (AvgIpc) is 3.54. The van der Waals surface area contributed by atoms with Gasteiger partial charge in [-0.15, -0.1) is 0 Å². The van der Waals surface area contributed by atoms with Crippen molar-refractivity contribution >= 4 is 16.8 Å². The van der Waals surface area contributed by atoms with Gasteiger partial charge in [0.15, 0.2) is 5.69 Å². The van der Waals surface area contributed by atoms with Gasteiger partial charge in [-0.05, 0) is 48.2 Å². The molecule has 0 saturated carbocycles. The van der Waals surface area contributed by atoms with E-state index in [9.17, 15) is 9.18 Å². The van der Waals surface area contributed by atoms with E-state index < -0.39 is 0 Å². The third-order valence-corrected chi connectivity index (χ3v) is 6.37. The van der Waals surface area contributed by atoms with Crippen LogP contribution in [0.5, 0.6) is 0 Å². The van der Waals surface area contributed by atoms with E-state index in [4.69, 9.17) is 4.42 Å². The maximum atomic E-state index is 13.1. The van der Waals surface area contributed by atoms with Gasteiger partial charge in [-0.2, -0.15) is 0 Å². The second-order valence-corrected chi connectivity index (χ2v) is 9.24. The number of aryl methyl sites for hydroxylation is 1. The molecule has 5 aromatic rings. The molecule has 0 aliphatic heterocycles. The lowest BCUT2D eigenvalue weighted by atomic mass is 10.1. The number of aromatic amines is 1. The van der Waals surface area contributed by atoms with E-state index in [1.165, 1.54) is 40.5 Å². The first-order chi connectivity index (χ1) is 18.0.